The zero-order chi connectivity index (χ0) is 11.8. The predicted octanol–water partition coefficient (Wildman–Crippen LogP) is 2.03. The fourth-order valence-corrected chi connectivity index (χ4v) is 1.88. The van der Waals surface area contributed by atoms with Crippen LogP contribution in [0, 0.1) is 0 Å². The molecule has 1 aromatic rings. The van der Waals surface area contributed by atoms with E-state index in [9.17, 15) is 4.79 Å². The standard InChI is InChI=1S/C13H18N2O/c1-12(2,3)15-11(16)13(6-7-13)10-5-4-8-14-9-10/h4-5,8-9H,6-7H2,1-3H3,(H,15,16). The van der Waals surface area contributed by atoms with Crippen LogP contribution >= 0.6 is 0 Å². The van der Waals surface area contributed by atoms with E-state index in [-0.39, 0.29) is 16.9 Å². The zero-order valence-electron chi connectivity index (χ0n) is 10.1. The summed E-state index contributed by atoms with van der Waals surface area (Å²) in [6, 6.07) is 3.88. The van der Waals surface area contributed by atoms with Gasteiger partial charge in [0.15, 0.2) is 0 Å². The van der Waals surface area contributed by atoms with Crippen LogP contribution in [0.4, 0.5) is 0 Å². The first-order chi connectivity index (χ1) is 7.44. The molecule has 1 saturated carbocycles. The van der Waals surface area contributed by atoms with Crippen LogP contribution in [0.3, 0.4) is 0 Å². The topological polar surface area (TPSA) is 42.0 Å². The van der Waals surface area contributed by atoms with E-state index < -0.39 is 0 Å². The Bertz CT molecular complexity index is 388. The van der Waals surface area contributed by atoms with Crippen molar-refractivity contribution >= 4 is 5.91 Å². The molecule has 0 saturated heterocycles. The van der Waals surface area contributed by atoms with Crippen LogP contribution in [0.5, 0.6) is 0 Å². The molecular weight excluding hydrogens is 200 g/mol. The fourth-order valence-electron chi connectivity index (χ4n) is 1.88. The number of pyridine rings is 1. The summed E-state index contributed by atoms with van der Waals surface area (Å²) in [4.78, 5) is 16.3. The Balaban J connectivity index is 2.18. The lowest BCUT2D eigenvalue weighted by atomic mass is 9.95. The summed E-state index contributed by atoms with van der Waals surface area (Å²) in [7, 11) is 0. The van der Waals surface area contributed by atoms with Gasteiger partial charge in [-0.05, 0) is 45.2 Å². The number of amides is 1. The molecule has 0 unspecified atom stereocenters. The molecule has 16 heavy (non-hydrogen) atoms. The second-order valence-electron chi connectivity index (χ2n) is 5.53. The van der Waals surface area contributed by atoms with Crippen molar-refractivity contribution in [1.82, 2.24) is 10.3 Å². The second-order valence-corrected chi connectivity index (χ2v) is 5.53. The van der Waals surface area contributed by atoms with Crippen LogP contribution in [-0.2, 0) is 10.2 Å². The molecule has 1 aromatic heterocycles. The fraction of sp³-hybridized carbons (Fsp3) is 0.538. The Kier molecular flexibility index (Phi) is 2.49. The van der Waals surface area contributed by atoms with Gasteiger partial charge in [-0.1, -0.05) is 6.07 Å². The van der Waals surface area contributed by atoms with Crippen molar-refractivity contribution in [2.75, 3.05) is 0 Å². The van der Waals surface area contributed by atoms with Gasteiger partial charge >= 0.3 is 0 Å². The molecule has 0 aliphatic heterocycles. The van der Waals surface area contributed by atoms with E-state index in [1.165, 1.54) is 0 Å². The highest BCUT2D eigenvalue weighted by Crippen LogP contribution is 2.48. The zero-order valence-corrected chi connectivity index (χ0v) is 10.1. The van der Waals surface area contributed by atoms with Gasteiger partial charge in [0.25, 0.3) is 0 Å². The second kappa shape index (κ2) is 3.58. The highest BCUT2D eigenvalue weighted by atomic mass is 16.2. The van der Waals surface area contributed by atoms with E-state index in [4.69, 9.17) is 0 Å². The third-order valence-electron chi connectivity index (χ3n) is 2.89. The van der Waals surface area contributed by atoms with E-state index >= 15 is 0 Å². The molecule has 1 amide bonds. The monoisotopic (exact) mass is 218 g/mol. The van der Waals surface area contributed by atoms with Crippen LogP contribution in [0.25, 0.3) is 0 Å². The van der Waals surface area contributed by atoms with E-state index in [1.807, 2.05) is 32.9 Å². The Morgan fingerprint density at radius 1 is 1.44 bits per heavy atom. The van der Waals surface area contributed by atoms with E-state index in [1.54, 1.807) is 12.4 Å². The summed E-state index contributed by atoms with van der Waals surface area (Å²) >= 11 is 0. The first-order valence-corrected chi connectivity index (χ1v) is 5.67. The third-order valence-corrected chi connectivity index (χ3v) is 2.89. The van der Waals surface area contributed by atoms with Crippen molar-refractivity contribution in [3.05, 3.63) is 30.1 Å². The smallest absolute Gasteiger partial charge is 0.231 e. The number of carbonyl (C=O) groups is 1. The summed E-state index contributed by atoms with van der Waals surface area (Å²) in [6.07, 6.45) is 5.40. The number of rotatable bonds is 2. The molecule has 3 heteroatoms. The molecule has 0 atom stereocenters. The molecule has 1 aliphatic carbocycles. The van der Waals surface area contributed by atoms with Crippen LogP contribution in [-0.4, -0.2) is 16.4 Å². The van der Waals surface area contributed by atoms with Crippen LogP contribution in [0.2, 0.25) is 0 Å². The minimum atomic E-state index is -0.304. The van der Waals surface area contributed by atoms with Gasteiger partial charge in [-0.15, -0.1) is 0 Å². The first kappa shape index (κ1) is 11.1. The van der Waals surface area contributed by atoms with Crippen molar-refractivity contribution in [3.8, 4) is 0 Å². The molecule has 3 nitrogen and oxygen atoms in total. The first-order valence-electron chi connectivity index (χ1n) is 5.67. The average molecular weight is 218 g/mol. The lowest BCUT2D eigenvalue weighted by Crippen LogP contribution is -2.46. The lowest BCUT2D eigenvalue weighted by molar-refractivity contribution is -0.125. The van der Waals surface area contributed by atoms with Crippen LogP contribution in [0.15, 0.2) is 24.5 Å². The number of aromatic nitrogens is 1. The SMILES string of the molecule is CC(C)(C)NC(=O)C1(c2cccnc2)CC1. The van der Waals surface area contributed by atoms with E-state index in [2.05, 4.69) is 10.3 Å². The summed E-state index contributed by atoms with van der Waals surface area (Å²) in [6.45, 7) is 6.01. The number of nitrogens with one attached hydrogen (secondary N) is 1. The average Bonchev–Trinajstić information content (AvgIpc) is 2.97. The largest absolute Gasteiger partial charge is 0.351 e. The van der Waals surface area contributed by atoms with Gasteiger partial charge < -0.3 is 5.32 Å². The molecule has 1 heterocycles. The summed E-state index contributed by atoms with van der Waals surface area (Å²) in [5, 5.41) is 3.05. The molecule has 2 rings (SSSR count). The van der Waals surface area contributed by atoms with Gasteiger partial charge in [0.2, 0.25) is 5.91 Å². The lowest BCUT2D eigenvalue weighted by Gasteiger charge is -2.24. The highest BCUT2D eigenvalue weighted by Gasteiger charge is 2.52. The molecule has 0 spiro atoms. The highest BCUT2D eigenvalue weighted by molar-refractivity contribution is 5.91. The normalized spacial score (nSPS) is 17.9. The third kappa shape index (κ3) is 2.08. The summed E-state index contributed by atoms with van der Waals surface area (Å²) < 4.78 is 0. The quantitative estimate of drug-likeness (QED) is 0.825. The summed E-state index contributed by atoms with van der Waals surface area (Å²) in [5.41, 5.74) is 0.563. The number of nitrogens with zero attached hydrogens (tertiary/aromatic N) is 1. The van der Waals surface area contributed by atoms with Crippen LogP contribution < -0.4 is 5.32 Å². The number of carbonyl (C=O) groups excluding carboxylic acids is 1. The molecule has 0 radical (unpaired) electrons. The molecule has 1 N–H and O–H groups in total. The predicted molar refractivity (Wildman–Crippen MR) is 63.0 cm³/mol. The molecule has 0 bridgehead atoms. The maximum Gasteiger partial charge on any atom is 0.231 e. The van der Waals surface area contributed by atoms with Gasteiger partial charge in [0, 0.05) is 17.9 Å². The maximum absolute atomic E-state index is 12.2. The molecule has 86 valence electrons. The minimum absolute atomic E-state index is 0.132. The summed E-state index contributed by atoms with van der Waals surface area (Å²) in [5.74, 6) is 0.132. The Morgan fingerprint density at radius 2 is 2.12 bits per heavy atom. The van der Waals surface area contributed by atoms with Crippen molar-refractivity contribution in [2.45, 2.75) is 44.6 Å². The number of hydrogen-bond donors (Lipinski definition) is 1. The maximum atomic E-state index is 12.2. The van der Waals surface area contributed by atoms with Crippen LogP contribution in [0.1, 0.15) is 39.2 Å². The van der Waals surface area contributed by atoms with Crippen molar-refractivity contribution in [1.29, 1.82) is 0 Å². The van der Waals surface area contributed by atoms with Gasteiger partial charge in [-0.3, -0.25) is 9.78 Å². The van der Waals surface area contributed by atoms with Gasteiger partial charge in [-0.2, -0.15) is 0 Å². The van der Waals surface area contributed by atoms with Crippen molar-refractivity contribution in [2.24, 2.45) is 0 Å². The molecule has 1 fully saturated rings. The van der Waals surface area contributed by atoms with Crippen molar-refractivity contribution in [3.63, 3.8) is 0 Å². The molecular formula is C13H18N2O. The Labute approximate surface area is 96.3 Å². The van der Waals surface area contributed by atoms with Gasteiger partial charge in [0.05, 0.1) is 5.41 Å². The Hall–Kier alpha value is -1.38. The van der Waals surface area contributed by atoms with E-state index in [0.717, 1.165) is 18.4 Å². The Morgan fingerprint density at radius 3 is 2.56 bits per heavy atom. The molecule has 0 aromatic carbocycles. The van der Waals surface area contributed by atoms with Gasteiger partial charge in [-0.25, -0.2) is 0 Å². The minimum Gasteiger partial charge on any atom is -0.351 e. The molecule has 1 aliphatic rings. The van der Waals surface area contributed by atoms with Crippen molar-refractivity contribution < 1.29 is 4.79 Å². The number of hydrogen-bond acceptors (Lipinski definition) is 2. The van der Waals surface area contributed by atoms with Gasteiger partial charge in [0.1, 0.15) is 0 Å². The van der Waals surface area contributed by atoms with E-state index in [0.29, 0.717) is 0 Å².